The van der Waals surface area contributed by atoms with Gasteiger partial charge in [0, 0.05) is 78.0 Å². The summed E-state index contributed by atoms with van der Waals surface area (Å²) in [5.41, 5.74) is 15.2. The standard InChI is InChI=1S/C78H81N4O.Pt/c1-73(2,3)52-34-36-57(64(44-52)75(7,8)9)61-43-53(74(4,5)6)42-60(51-33-38-63-66(41-51)78(15,16)40-39-77(63,13)14)72(61)81-49-80(68-31-22-23-32-69(68)81)54-27-24-28-55(45-54)83-56-35-37-59-58-29-20-21-30-67(58)82(70(59)46-56)71-47-65(76(10,11)12)62(48-79-71)50-25-18-17-19-26-50;/h17-38,41-44,47-49H,39-40H2,1-16H3;/q-3;/i17D,18D,19D,20D,21D,25D,26D,29D,30D;. The van der Waals surface area contributed by atoms with Gasteiger partial charge in [0.25, 0.3) is 0 Å². The molecule has 2 aromatic heterocycles. The number of rotatable bonds is 8. The van der Waals surface area contributed by atoms with Crippen molar-refractivity contribution < 1.29 is 38.1 Å². The normalized spacial score (nSPS) is 16.5. The molecule has 432 valence electrons. The third-order valence-corrected chi connectivity index (χ3v) is 17.2. The molecule has 84 heavy (non-hydrogen) atoms. The summed E-state index contributed by atoms with van der Waals surface area (Å²) in [7, 11) is 0. The predicted molar refractivity (Wildman–Crippen MR) is 351 cm³/mol. The summed E-state index contributed by atoms with van der Waals surface area (Å²) in [6.07, 6.45) is 3.69. The van der Waals surface area contributed by atoms with Gasteiger partial charge in [-0.3, -0.25) is 0 Å². The molecule has 0 amide bonds. The van der Waals surface area contributed by atoms with Crippen molar-refractivity contribution in [2.75, 3.05) is 9.80 Å². The van der Waals surface area contributed by atoms with Gasteiger partial charge in [-0.15, -0.1) is 48.1 Å². The fourth-order valence-corrected chi connectivity index (χ4v) is 12.3. The van der Waals surface area contributed by atoms with Crippen LogP contribution in [-0.4, -0.2) is 9.55 Å². The van der Waals surface area contributed by atoms with Gasteiger partial charge in [-0.1, -0.05) is 213 Å². The summed E-state index contributed by atoms with van der Waals surface area (Å²) in [5, 5.41) is 0.741. The summed E-state index contributed by atoms with van der Waals surface area (Å²) < 4.78 is 87.7. The minimum absolute atomic E-state index is 0. The second-order valence-electron chi connectivity index (χ2n) is 28.3. The van der Waals surface area contributed by atoms with Gasteiger partial charge in [-0.05, 0) is 137 Å². The van der Waals surface area contributed by atoms with E-state index in [1.165, 1.54) is 39.6 Å². The zero-order valence-corrected chi connectivity index (χ0v) is 53.7. The molecule has 0 fully saturated rings. The Labute approximate surface area is 528 Å². The molecule has 0 saturated heterocycles. The van der Waals surface area contributed by atoms with E-state index < -0.39 is 35.6 Å². The molecule has 1 aliphatic heterocycles. The van der Waals surface area contributed by atoms with E-state index in [1.54, 1.807) is 22.8 Å². The van der Waals surface area contributed by atoms with Crippen LogP contribution >= 0.6 is 0 Å². The molecule has 0 radical (unpaired) electrons. The average molecular weight is 1290 g/mol. The average Bonchev–Trinajstić information content (AvgIpc) is 1.64. The summed E-state index contributed by atoms with van der Waals surface area (Å²) in [6.45, 7) is 38.3. The van der Waals surface area contributed by atoms with Crippen molar-refractivity contribution in [3.8, 4) is 50.7 Å². The van der Waals surface area contributed by atoms with Crippen molar-refractivity contribution in [1.82, 2.24) is 9.55 Å². The fourth-order valence-electron chi connectivity index (χ4n) is 12.3. The van der Waals surface area contributed by atoms with Crippen molar-refractivity contribution >= 4 is 44.6 Å². The molecule has 5 nitrogen and oxygen atoms in total. The number of pyridine rings is 1. The third-order valence-electron chi connectivity index (χ3n) is 17.2. The first kappa shape index (κ1) is 48.1. The monoisotopic (exact) mass is 1290 g/mol. The van der Waals surface area contributed by atoms with Gasteiger partial charge in [-0.25, -0.2) is 4.98 Å². The Bertz CT molecular complexity index is 4680. The number of para-hydroxylation sites is 3. The first-order chi connectivity index (χ1) is 42.9. The SMILES string of the molecule is [2H]c1c([2H])c([2H])c(-c2cnc(-n3c4[c-]c(Oc5[c-]c(N6[CH-]N(c7c(-c8ccc9c(c8)C(C)(C)CCC9(C)C)cc(C(C)(C)C)cc7-c7ccc(C(C)(C)C)cc7C(C)(C)C)c7ccccc76)ccc5)ccc4c4c([2H])c([2H])c([2H])c([2H])c43)cc2C(C)(C)C)c([2H])c1[2H].[Pt]. The molecule has 0 bridgehead atoms. The Kier molecular flexibility index (Phi) is 12.1. The van der Waals surface area contributed by atoms with Gasteiger partial charge < -0.3 is 19.1 Å². The number of nitrogens with zero attached hydrogens (tertiary/aromatic N) is 4. The minimum atomic E-state index is -0.677. The first-order valence-corrected chi connectivity index (χ1v) is 29.2. The van der Waals surface area contributed by atoms with Crippen LogP contribution in [0.25, 0.3) is 61.0 Å². The number of hydrogen-bond acceptors (Lipinski definition) is 4. The van der Waals surface area contributed by atoms with Crippen LogP contribution in [-0.2, 0) is 53.6 Å². The van der Waals surface area contributed by atoms with Crippen LogP contribution in [0.15, 0.2) is 170 Å². The second-order valence-corrected chi connectivity index (χ2v) is 28.3. The van der Waals surface area contributed by atoms with E-state index in [1.807, 2.05) is 39.0 Å². The zero-order valence-electron chi connectivity index (χ0n) is 60.5. The maximum Gasteiger partial charge on any atom is 0.135 e. The largest absolute Gasteiger partial charge is 0.509 e. The molecule has 10 aromatic rings. The maximum absolute atomic E-state index is 9.34. The number of ether oxygens (including phenoxy) is 1. The van der Waals surface area contributed by atoms with Crippen LogP contribution in [0.1, 0.15) is 169 Å². The summed E-state index contributed by atoms with van der Waals surface area (Å²) in [6, 6.07) is 42.3. The molecule has 8 aromatic carbocycles. The number of benzene rings is 8. The van der Waals surface area contributed by atoms with Crippen LogP contribution in [0.4, 0.5) is 22.7 Å². The Hall–Kier alpha value is -7.20. The Morgan fingerprint density at radius 3 is 1.85 bits per heavy atom. The van der Waals surface area contributed by atoms with Gasteiger partial charge in [-0.2, -0.15) is 12.1 Å². The van der Waals surface area contributed by atoms with Crippen LogP contribution in [0.5, 0.6) is 11.5 Å². The number of anilines is 4. The topological polar surface area (TPSA) is 33.5 Å². The van der Waals surface area contributed by atoms with Crippen LogP contribution in [0, 0.1) is 18.8 Å². The second kappa shape index (κ2) is 21.1. The summed E-state index contributed by atoms with van der Waals surface area (Å²) in [4.78, 5) is 9.42. The summed E-state index contributed by atoms with van der Waals surface area (Å²) in [5.74, 6) is 0.928. The summed E-state index contributed by atoms with van der Waals surface area (Å²) >= 11 is 0. The molecule has 3 heterocycles. The molecule has 0 saturated carbocycles. The minimum Gasteiger partial charge on any atom is -0.509 e. The van der Waals surface area contributed by atoms with E-state index in [0.717, 1.165) is 46.6 Å². The number of fused-ring (bicyclic) bond motifs is 5. The molecule has 12 rings (SSSR count). The van der Waals surface area contributed by atoms with Gasteiger partial charge >= 0.3 is 0 Å². The zero-order chi connectivity index (χ0) is 66.6. The molecule has 6 heteroatoms. The van der Waals surface area contributed by atoms with Crippen molar-refractivity contribution in [3.05, 3.63) is 222 Å². The molecular formula is C78H81N4OPt-3. The van der Waals surface area contributed by atoms with Gasteiger partial charge in [0.15, 0.2) is 0 Å². The Morgan fingerprint density at radius 1 is 0.524 bits per heavy atom. The molecular weight excluding hydrogens is 1200 g/mol. The fraction of sp³-hybridized carbons (Fsp3) is 0.308. The molecule has 0 N–H and O–H groups in total. The molecule has 0 unspecified atom stereocenters. The number of hydrogen-bond donors (Lipinski definition) is 0. The van der Waals surface area contributed by atoms with E-state index in [2.05, 4.69) is 191 Å². The van der Waals surface area contributed by atoms with Crippen molar-refractivity contribution in [2.24, 2.45) is 0 Å². The van der Waals surface area contributed by atoms with Gasteiger partial charge in [0.2, 0.25) is 0 Å². The molecule has 2 aliphatic rings. The van der Waals surface area contributed by atoms with E-state index in [9.17, 15) is 2.74 Å². The molecule has 0 spiro atoms. The predicted octanol–water partition coefficient (Wildman–Crippen LogP) is 21.5. The smallest absolute Gasteiger partial charge is 0.135 e. The Balaban J connectivity index is 0.00000884. The van der Waals surface area contributed by atoms with Crippen molar-refractivity contribution in [2.45, 2.75) is 156 Å². The van der Waals surface area contributed by atoms with E-state index >= 15 is 0 Å². The van der Waals surface area contributed by atoms with Crippen molar-refractivity contribution in [1.29, 1.82) is 0 Å². The van der Waals surface area contributed by atoms with E-state index in [0.29, 0.717) is 33.5 Å². The Morgan fingerprint density at radius 2 is 1.15 bits per heavy atom. The molecule has 0 atom stereocenters. The van der Waals surface area contributed by atoms with Crippen LogP contribution in [0.2, 0.25) is 0 Å². The number of aromatic nitrogens is 2. The van der Waals surface area contributed by atoms with Crippen LogP contribution < -0.4 is 14.5 Å². The van der Waals surface area contributed by atoms with Gasteiger partial charge in [0.1, 0.15) is 5.82 Å². The van der Waals surface area contributed by atoms with Crippen molar-refractivity contribution in [3.63, 3.8) is 0 Å². The maximum atomic E-state index is 9.34. The third kappa shape index (κ3) is 10.6. The molecule has 1 aliphatic carbocycles. The van der Waals surface area contributed by atoms with Gasteiger partial charge in [0.05, 0.1) is 12.3 Å². The van der Waals surface area contributed by atoms with Crippen LogP contribution in [0.3, 0.4) is 0 Å². The van der Waals surface area contributed by atoms with E-state index in [-0.39, 0.29) is 100 Å². The first-order valence-electron chi connectivity index (χ1n) is 33.7. The quantitative estimate of drug-likeness (QED) is 0.142. The van der Waals surface area contributed by atoms with E-state index in [4.69, 9.17) is 19.3 Å².